The largest absolute Gasteiger partial charge is 0.466 e. The van der Waals surface area contributed by atoms with E-state index in [1.165, 1.54) is 0 Å². The monoisotopic (exact) mass is 768 g/mol. The zero-order valence-corrected chi connectivity index (χ0v) is 35.2. The summed E-state index contributed by atoms with van der Waals surface area (Å²) >= 11 is 0. The predicted molar refractivity (Wildman–Crippen MR) is 223 cm³/mol. The Balaban J connectivity index is 1.20. The van der Waals surface area contributed by atoms with Gasteiger partial charge in [-0.15, -0.1) is 0 Å². The van der Waals surface area contributed by atoms with Gasteiger partial charge >= 0.3 is 14.2 Å². The second-order valence-corrected chi connectivity index (χ2v) is 18.0. The minimum Gasteiger partial charge on any atom is -0.403 e. The lowest BCUT2D eigenvalue weighted by atomic mass is 9.61. The van der Waals surface area contributed by atoms with Gasteiger partial charge in [-0.25, -0.2) is 0 Å². The third-order valence-electron chi connectivity index (χ3n) is 12.6. The molecule has 3 aliphatic heterocycles. The van der Waals surface area contributed by atoms with Crippen LogP contribution in [0.5, 0.6) is 0 Å². The van der Waals surface area contributed by atoms with E-state index in [9.17, 15) is 0 Å². The summed E-state index contributed by atoms with van der Waals surface area (Å²) in [4.78, 5) is 0. The number of rotatable bonds is 19. The highest BCUT2D eigenvalue weighted by molar-refractivity contribution is 6.48. The molecule has 3 saturated heterocycles. The van der Waals surface area contributed by atoms with E-state index in [0.717, 1.165) is 61.5 Å². The SMILES string of the molecule is CC1(C)OB(CCCCCCC[C@H]2O[C@H](COCc3ccccc3)[C@@H](OCc3ccccc3)[C@H](OCc3ccccc3)[C@H]2B2OC(C)(C)C(C)(C)O2)OC1(C)C. The molecule has 10 heteroatoms. The van der Waals surface area contributed by atoms with Crippen molar-refractivity contribution >= 4 is 14.2 Å². The second-order valence-electron chi connectivity index (χ2n) is 18.0. The van der Waals surface area contributed by atoms with E-state index in [1.807, 2.05) is 42.5 Å². The standard InChI is InChI=1S/C46H66B2O8/c1-43(2)44(3,4)54-47(53-43)30-22-11-9-10-21-29-38-40(48-55-45(5,6)46(7,8)56-48)42(51-33-37-27-19-14-20-28-37)41(50-32-36-25-17-13-18-26-36)39(52-38)34-49-31-35-23-15-12-16-24-35/h12-20,23-28,38-42H,9-11,21-22,29-34H2,1-8H3/t38-,39-,40+,41-,42-/m1/s1. The molecular weight excluding hydrogens is 702 g/mol. The summed E-state index contributed by atoms with van der Waals surface area (Å²) in [5.74, 6) is -0.241. The maximum Gasteiger partial charge on any atom is 0.466 e. The molecule has 0 spiro atoms. The lowest BCUT2D eigenvalue weighted by molar-refractivity contribution is -0.224. The Morgan fingerprint density at radius 2 is 0.946 bits per heavy atom. The minimum absolute atomic E-state index is 0.137. The van der Waals surface area contributed by atoms with Crippen LogP contribution in [0.4, 0.5) is 0 Å². The zero-order chi connectivity index (χ0) is 39.8. The van der Waals surface area contributed by atoms with Crippen LogP contribution >= 0.6 is 0 Å². The number of hydrogen-bond acceptors (Lipinski definition) is 8. The highest BCUT2D eigenvalue weighted by Gasteiger charge is 2.61. The Morgan fingerprint density at radius 1 is 0.500 bits per heavy atom. The van der Waals surface area contributed by atoms with Gasteiger partial charge in [0, 0.05) is 5.82 Å². The number of ether oxygens (including phenoxy) is 4. The molecule has 3 aromatic rings. The fourth-order valence-corrected chi connectivity index (χ4v) is 7.88. The molecular formula is C46H66B2O8. The van der Waals surface area contributed by atoms with E-state index in [0.29, 0.717) is 26.4 Å². The molecule has 0 aromatic heterocycles. The molecule has 3 aromatic carbocycles. The van der Waals surface area contributed by atoms with Gasteiger partial charge < -0.3 is 37.6 Å². The third-order valence-corrected chi connectivity index (χ3v) is 12.6. The van der Waals surface area contributed by atoms with Crippen LogP contribution < -0.4 is 0 Å². The lowest BCUT2D eigenvalue weighted by Crippen LogP contribution is -2.59. The van der Waals surface area contributed by atoms with E-state index in [2.05, 4.69) is 104 Å². The molecule has 0 radical (unpaired) electrons. The minimum atomic E-state index is -0.542. The summed E-state index contributed by atoms with van der Waals surface area (Å²) in [7, 11) is -0.679. The number of benzene rings is 3. The molecule has 0 aliphatic carbocycles. The first-order valence-corrected chi connectivity index (χ1v) is 21.0. The van der Waals surface area contributed by atoms with Gasteiger partial charge in [-0.05, 0) is 84.8 Å². The Hall–Kier alpha value is -2.53. The lowest BCUT2D eigenvalue weighted by Gasteiger charge is -2.47. The maximum atomic E-state index is 7.18. The summed E-state index contributed by atoms with van der Waals surface area (Å²) in [5, 5.41) is 0. The molecule has 0 amide bonds. The first-order chi connectivity index (χ1) is 26.7. The van der Waals surface area contributed by atoms with Crippen molar-refractivity contribution in [1.82, 2.24) is 0 Å². The molecule has 304 valence electrons. The van der Waals surface area contributed by atoms with Crippen molar-refractivity contribution in [3.05, 3.63) is 108 Å². The summed E-state index contributed by atoms with van der Waals surface area (Å²) in [6, 6.07) is 30.9. The highest BCUT2D eigenvalue weighted by Crippen LogP contribution is 2.47. The van der Waals surface area contributed by atoms with Crippen molar-refractivity contribution in [3.8, 4) is 0 Å². The number of hydrogen-bond donors (Lipinski definition) is 0. The first-order valence-electron chi connectivity index (χ1n) is 21.0. The fraction of sp³-hybridized carbons (Fsp3) is 0.609. The van der Waals surface area contributed by atoms with E-state index in [-0.39, 0.29) is 36.3 Å². The smallest absolute Gasteiger partial charge is 0.403 e. The topological polar surface area (TPSA) is 73.8 Å². The Morgan fingerprint density at radius 3 is 1.48 bits per heavy atom. The molecule has 0 unspecified atom stereocenters. The summed E-state index contributed by atoms with van der Waals surface area (Å²) in [6.07, 6.45) is 5.80. The molecule has 0 N–H and O–H groups in total. The van der Waals surface area contributed by atoms with E-state index in [4.69, 9.17) is 37.6 Å². The molecule has 0 saturated carbocycles. The van der Waals surface area contributed by atoms with Gasteiger partial charge in [-0.2, -0.15) is 0 Å². The molecule has 3 aliphatic rings. The van der Waals surface area contributed by atoms with Crippen molar-refractivity contribution in [2.24, 2.45) is 0 Å². The molecule has 8 nitrogen and oxygen atoms in total. The highest BCUT2D eigenvalue weighted by atomic mass is 16.7. The van der Waals surface area contributed by atoms with Gasteiger partial charge in [0.05, 0.1) is 61.0 Å². The van der Waals surface area contributed by atoms with Gasteiger partial charge in [-0.3, -0.25) is 0 Å². The van der Waals surface area contributed by atoms with E-state index >= 15 is 0 Å². The van der Waals surface area contributed by atoms with Crippen LogP contribution in [0, 0.1) is 0 Å². The van der Waals surface area contributed by atoms with Crippen molar-refractivity contribution < 1.29 is 37.6 Å². The quantitative estimate of drug-likeness (QED) is 0.0882. The average molecular weight is 769 g/mol. The van der Waals surface area contributed by atoms with Gasteiger partial charge in [0.2, 0.25) is 0 Å². The van der Waals surface area contributed by atoms with Crippen molar-refractivity contribution in [2.45, 2.75) is 173 Å². The van der Waals surface area contributed by atoms with Crippen LogP contribution in [0.3, 0.4) is 0 Å². The van der Waals surface area contributed by atoms with Crippen LogP contribution in [0.15, 0.2) is 91.0 Å². The maximum absolute atomic E-state index is 7.18. The average Bonchev–Trinajstić information content (AvgIpc) is 3.52. The molecule has 3 heterocycles. The van der Waals surface area contributed by atoms with Crippen LogP contribution in [0.2, 0.25) is 12.1 Å². The molecule has 3 fully saturated rings. The van der Waals surface area contributed by atoms with Crippen molar-refractivity contribution in [3.63, 3.8) is 0 Å². The van der Waals surface area contributed by atoms with Crippen LogP contribution in [0.25, 0.3) is 0 Å². The summed E-state index contributed by atoms with van der Waals surface area (Å²) in [5.41, 5.74) is 1.70. The Bertz CT molecular complexity index is 1570. The third kappa shape index (κ3) is 10.9. The summed E-state index contributed by atoms with van der Waals surface area (Å²) in [6.45, 7) is 18.6. The van der Waals surface area contributed by atoms with Gasteiger partial charge in [-0.1, -0.05) is 123 Å². The van der Waals surface area contributed by atoms with Crippen molar-refractivity contribution in [1.29, 1.82) is 0 Å². The van der Waals surface area contributed by atoms with Crippen LogP contribution in [0.1, 0.15) is 111 Å². The van der Waals surface area contributed by atoms with Gasteiger partial charge in [0.15, 0.2) is 0 Å². The predicted octanol–water partition coefficient (Wildman–Crippen LogP) is 10.0. The summed E-state index contributed by atoms with van der Waals surface area (Å²) < 4.78 is 53.7. The Kier molecular flexibility index (Phi) is 14.6. The fourth-order valence-electron chi connectivity index (χ4n) is 7.88. The zero-order valence-electron chi connectivity index (χ0n) is 35.2. The van der Waals surface area contributed by atoms with E-state index in [1.54, 1.807) is 0 Å². The van der Waals surface area contributed by atoms with Crippen LogP contribution in [-0.4, -0.2) is 67.7 Å². The Labute approximate surface area is 337 Å². The van der Waals surface area contributed by atoms with Gasteiger partial charge in [0.1, 0.15) is 12.2 Å². The second kappa shape index (κ2) is 19.0. The first kappa shape index (κ1) is 43.1. The molecule has 5 atom stereocenters. The molecule has 0 bridgehead atoms. The van der Waals surface area contributed by atoms with Crippen LogP contribution in [-0.2, 0) is 57.4 Å². The number of unbranched alkanes of at least 4 members (excludes halogenated alkanes) is 4. The van der Waals surface area contributed by atoms with E-state index < -0.39 is 30.5 Å². The van der Waals surface area contributed by atoms with Gasteiger partial charge in [0.25, 0.3) is 0 Å². The molecule has 6 rings (SSSR count). The van der Waals surface area contributed by atoms with Crippen molar-refractivity contribution in [2.75, 3.05) is 6.61 Å². The molecule has 56 heavy (non-hydrogen) atoms. The normalized spacial score (nSPS) is 26.5.